The second-order valence-electron chi connectivity index (χ2n) is 13.0. The number of halogens is 6. The van der Waals surface area contributed by atoms with Crippen LogP contribution in [0.1, 0.15) is 22.5 Å². The lowest BCUT2D eigenvalue weighted by molar-refractivity contribution is -0.254. The van der Waals surface area contributed by atoms with Crippen LogP contribution in [-0.2, 0) is 0 Å². The van der Waals surface area contributed by atoms with Crippen LogP contribution >= 0.6 is 47.0 Å². The fourth-order valence-electron chi connectivity index (χ4n) is 7.63. The molecular weight excluding hydrogens is 763 g/mol. The van der Waals surface area contributed by atoms with Gasteiger partial charge in [0.1, 0.15) is 0 Å². The molecule has 4 aromatic carbocycles. The van der Waals surface area contributed by atoms with Crippen LogP contribution in [0.5, 0.6) is 0 Å². The first kappa shape index (κ1) is 34.9. The second-order valence-corrected chi connectivity index (χ2v) is 17.7. The predicted octanol–water partition coefficient (Wildman–Crippen LogP) is 13.4. The Morgan fingerprint density at radius 1 is 0.472 bits per heavy atom. The Morgan fingerprint density at radius 3 is 1.26 bits per heavy atom. The van der Waals surface area contributed by atoms with Gasteiger partial charge in [-0.15, -0.1) is 47.0 Å². The number of fused-ring (bicyclic) bond motifs is 2. The molecule has 0 amide bonds. The molecule has 0 radical (unpaired) electrons. The molecule has 268 valence electrons. The summed E-state index contributed by atoms with van der Waals surface area (Å²) >= 11 is 6.47. The van der Waals surface area contributed by atoms with Crippen molar-refractivity contribution in [3.8, 4) is 33.9 Å². The third-order valence-corrected chi connectivity index (χ3v) is 15.0. The molecule has 2 aromatic heterocycles. The van der Waals surface area contributed by atoms with E-state index in [1.165, 1.54) is 26.0 Å². The minimum Gasteiger partial charge on any atom is -0.313 e. The number of rotatable bonds is 6. The zero-order valence-electron chi connectivity index (χ0n) is 28.1. The molecule has 2 nitrogen and oxygen atoms in total. The van der Waals surface area contributed by atoms with Crippen LogP contribution in [0.25, 0.3) is 45.0 Å². The Morgan fingerprint density at radius 2 is 0.868 bits per heavy atom. The van der Waals surface area contributed by atoms with Crippen molar-refractivity contribution >= 4 is 58.2 Å². The maximum Gasteiger partial charge on any atom is 0.380 e. The predicted molar refractivity (Wildman–Crippen MR) is 207 cm³/mol. The fraction of sp³-hybridized carbons (Fsp3) is 0.171. The van der Waals surface area contributed by atoms with Crippen LogP contribution in [0.2, 0.25) is 0 Å². The van der Waals surface area contributed by atoms with E-state index in [-0.39, 0.29) is 22.5 Å². The van der Waals surface area contributed by atoms with Gasteiger partial charge in [0, 0.05) is 85.9 Å². The van der Waals surface area contributed by atoms with Gasteiger partial charge in [-0.05, 0) is 62.4 Å². The third-order valence-electron chi connectivity index (χ3n) is 10.1. The highest BCUT2D eigenvalue weighted by molar-refractivity contribution is 8.19. The van der Waals surface area contributed by atoms with Gasteiger partial charge in [-0.25, -0.2) is 0 Å². The van der Waals surface area contributed by atoms with E-state index in [1.54, 1.807) is 117 Å². The van der Waals surface area contributed by atoms with Gasteiger partial charge in [0.25, 0.3) is 0 Å². The highest BCUT2D eigenvalue weighted by Gasteiger charge is 2.80. The van der Waals surface area contributed by atoms with E-state index in [9.17, 15) is 0 Å². The maximum atomic E-state index is 16.6. The summed E-state index contributed by atoms with van der Waals surface area (Å²) in [6, 6.07) is 32.0. The van der Waals surface area contributed by atoms with Gasteiger partial charge in [-0.3, -0.25) is 0 Å². The minimum absolute atomic E-state index is 0.148. The van der Waals surface area contributed by atoms with Crippen molar-refractivity contribution in [1.82, 2.24) is 9.13 Å². The molecule has 3 aliphatic rings. The van der Waals surface area contributed by atoms with E-state index in [0.717, 1.165) is 29.8 Å². The van der Waals surface area contributed by atoms with Crippen LogP contribution in [0.15, 0.2) is 129 Å². The molecule has 9 rings (SSSR count). The van der Waals surface area contributed by atoms with E-state index >= 15 is 26.3 Å². The third kappa shape index (κ3) is 5.08. The summed E-state index contributed by atoms with van der Waals surface area (Å²) in [5.74, 6) is -16.2. The van der Waals surface area contributed by atoms with Crippen molar-refractivity contribution in [2.45, 2.75) is 51.2 Å². The van der Waals surface area contributed by atoms with Crippen molar-refractivity contribution in [3.63, 3.8) is 0 Å². The second kappa shape index (κ2) is 12.6. The standard InChI is InChI=1S/C41H28F6N2S4/c1-23-29(19-31(48(23)25-11-5-3-6-12-25)27-15-9-17-33-37(27)52-21-50-33)35-36(40(44,45)41(46,47)39(35,42)43)30-20-32(28-16-10-18-34-38(28)53-22-51-34)49(24(30)2)26-13-7-4-8-14-26/h3-20H,21-22H2,1-2H3. The number of thioether (sulfide) groups is 4. The van der Waals surface area contributed by atoms with Crippen LogP contribution in [-0.4, -0.2) is 37.1 Å². The lowest BCUT2D eigenvalue weighted by atomic mass is 9.94. The number of para-hydroxylation sites is 2. The first-order valence-corrected chi connectivity index (χ1v) is 20.6. The Bertz CT molecular complexity index is 2300. The Kier molecular flexibility index (Phi) is 8.30. The van der Waals surface area contributed by atoms with Crippen molar-refractivity contribution in [3.05, 3.63) is 132 Å². The molecule has 1 aliphatic carbocycles. The first-order valence-electron chi connectivity index (χ1n) is 16.7. The molecule has 0 bridgehead atoms. The van der Waals surface area contributed by atoms with Gasteiger partial charge in [0.05, 0.1) is 11.4 Å². The zero-order chi connectivity index (χ0) is 36.9. The molecule has 0 atom stereocenters. The molecule has 2 aliphatic heterocycles. The van der Waals surface area contributed by atoms with Crippen molar-refractivity contribution in [2.24, 2.45) is 0 Å². The maximum absolute atomic E-state index is 16.6. The molecule has 53 heavy (non-hydrogen) atoms. The van der Waals surface area contributed by atoms with Crippen molar-refractivity contribution in [1.29, 1.82) is 0 Å². The van der Waals surface area contributed by atoms with Crippen LogP contribution in [0.4, 0.5) is 26.3 Å². The summed E-state index contributed by atoms with van der Waals surface area (Å²) in [4.78, 5) is 3.86. The average Bonchev–Trinajstić information content (AvgIpc) is 3.97. The van der Waals surface area contributed by atoms with E-state index in [1.807, 2.05) is 36.4 Å². The van der Waals surface area contributed by atoms with Crippen LogP contribution in [0.3, 0.4) is 0 Å². The van der Waals surface area contributed by atoms with Gasteiger partial charge in [-0.2, -0.15) is 26.3 Å². The van der Waals surface area contributed by atoms with Crippen LogP contribution < -0.4 is 0 Å². The summed E-state index contributed by atoms with van der Waals surface area (Å²) in [7, 11) is 0. The number of benzene rings is 4. The average molecular weight is 791 g/mol. The molecule has 0 saturated carbocycles. The minimum atomic E-state index is -5.71. The molecule has 0 unspecified atom stereocenters. The summed E-state index contributed by atoms with van der Waals surface area (Å²) in [5, 5.41) is 1.50. The number of aromatic nitrogens is 2. The quantitative estimate of drug-likeness (QED) is 0.155. The summed E-state index contributed by atoms with van der Waals surface area (Å²) in [6.45, 7) is 3.06. The molecular formula is C41H28F6N2S4. The largest absolute Gasteiger partial charge is 0.380 e. The Hall–Kier alpha value is -3.84. The number of hydrogen-bond acceptors (Lipinski definition) is 4. The summed E-state index contributed by atoms with van der Waals surface area (Å²) in [6.07, 6.45) is 0. The molecule has 0 spiro atoms. The highest BCUT2D eigenvalue weighted by Crippen LogP contribution is 2.66. The normalized spacial score (nSPS) is 18.1. The zero-order valence-corrected chi connectivity index (χ0v) is 31.4. The number of alkyl halides is 6. The van der Waals surface area contributed by atoms with Crippen molar-refractivity contribution < 1.29 is 26.3 Å². The van der Waals surface area contributed by atoms with E-state index in [0.29, 0.717) is 33.9 Å². The molecule has 12 heteroatoms. The van der Waals surface area contributed by atoms with Gasteiger partial charge in [0.2, 0.25) is 0 Å². The van der Waals surface area contributed by atoms with Crippen molar-refractivity contribution in [2.75, 3.05) is 10.2 Å². The molecule has 0 fully saturated rings. The van der Waals surface area contributed by atoms with Gasteiger partial charge >= 0.3 is 17.8 Å². The highest BCUT2D eigenvalue weighted by atomic mass is 32.2. The monoisotopic (exact) mass is 790 g/mol. The smallest absolute Gasteiger partial charge is 0.313 e. The fourth-order valence-corrected chi connectivity index (χ4v) is 12.7. The lowest BCUT2D eigenvalue weighted by Crippen LogP contribution is -2.49. The molecule has 0 saturated heterocycles. The molecule has 4 heterocycles. The first-order chi connectivity index (χ1) is 25.4. The van der Waals surface area contributed by atoms with Gasteiger partial charge < -0.3 is 9.13 Å². The summed E-state index contributed by atoms with van der Waals surface area (Å²) < 4.78 is 102. The molecule has 6 aromatic rings. The van der Waals surface area contributed by atoms with Crippen LogP contribution in [0, 0.1) is 13.8 Å². The number of allylic oxidation sites excluding steroid dienone is 2. The van der Waals surface area contributed by atoms with E-state index in [4.69, 9.17) is 0 Å². The van der Waals surface area contributed by atoms with E-state index in [2.05, 4.69) is 0 Å². The lowest BCUT2D eigenvalue weighted by Gasteiger charge is -2.25. The Labute approximate surface area is 319 Å². The molecule has 0 N–H and O–H groups in total. The van der Waals surface area contributed by atoms with Gasteiger partial charge in [-0.1, -0.05) is 60.7 Å². The number of nitrogens with zero attached hydrogens (tertiary/aromatic N) is 2. The topological polar surface area (TPSA) is 9.86 Å². The van der Waals surface area contributed by atoms with Gasteiger partial charge in [0.15, 0.2) is 0 Å². The Balaban J connectivity index is 1.38. The number of hydrogen-bond donors (Lipinski definition) is 0. The summed E-state index contributed by atoms with van der Waals surface area (Å²) in [5.41, 5.74) is 0.355. The van der Waals surface area contributed by atoms with E-state index < -0.39 is 28.9 Å². The SMILES string of the molecule is Cc1c(C2=C(c3cc(-c4cccc5c4SCS5)n(-c4ccccc4)c3C)C(F)(F)C(F)(F)C2(F)F)cc(-c2cccc3c2SCS3)n1-c1ccccc1.